The maximum Gasteiger partial charge on any atom is 0.243 e. The summed E-state index contributed by atoms with van der Waals surface area (Å²) in [7, 11) is 3.19. The van der Waals surface area contributed by atoms with Gasteiger partial charge >= 0.3 is 0 Å². The van der Waals surface area contributed by atoms with E-state index < -0.39 is 6.04 Å². The molecule has 0 spiro atoms. The third-order valence-electron chi connectivity index (χ3n) is 2.90. The molecule has 110 valence electrons. The Morgan fingerprint density at radius 3 is 2.65 bits per heavy atom. The van der Waals surface area contributed by atoms with Gasteiger partial charge in [-0.1, -0.05) is 18.2 Å². The zero-order valence-corrected chi connectivity index (χ0v) is 12.1. The molecule has 2 amide bonds. The van der Waals surface area contributed by atoms with E-state index in [0.717, 1.165) is 5.56 Å². The number of anilines is 1. The molecule has 20 heavy (non-hydrogen) atoms. The number of benzene rings is 1. The number of para-hydroxylation sites is 1. The number of nitrogens with two attached hydrogens (primary N) is 1. The van der Waals surface area contributed by atoms with Crippen molar-refractivity contribution in [3.05, 3.63) is 29.8 Å². The van der Waals surface area contributed by atoms with Gasteiger partial charge in [0, 0.05) is 33.3 Å². The largest absolute Gasteiger partial charge is 0.383 e. The van der Waals surface area contributed by atoms with Gasteiger partial charge < -0.3 is 20.7 Å². The second-order valence-electron chi connectivity index (χ2n) is 4.58. The van der Waals surface area contributed by atoms with Crippen LogP contribution in [0.1, 0.15) is 12.5 Å². The summed E-state index contributed by atoms with van der Waals surface area (Å²) in [6.07, 6.45) is 0. The van der Waals surface area contributed by atoms with Crippen LogP contribution in [0.5, 0.6) is 0 Å². The summed E-state index contributed by atoms with van der Waals surface area (Å²) in [5.74, 6) is -0.355. The van der Waals surface area contributed by atoms with Crippen LogP contribution in [0.2, 0.25) is 0 Å². The lowest BCUT2D eigenvalue weighted by atomic mass is 10.1. The van der Waals surface area contributed by atoms with E-state index in [2.05, 4.69) is 5.32 Å². The van der Waals surface area contributed by atoms with Gasteiger partial charge in [-0.05, 0) is 11.6 Å². The Kier molecular flexibility index (Phi) is 6.14. The van der Waals surface area contributed by atoms with Gasteiger partial charge in [-0.2, -0.15) is 0 Å². The highest BCUT2D eigenvalue weighted by atomic mass is 16.5. The highest BCUT2D eigenvalue weighted by molar-refractivity contribution is 5.95. The maximum atomic E-state index is 11.9. The highest BCUT2D eigenvalue weighted by Crippen LogP contribution is 2.17. The van der Waals surface area contributed by atoms with Gasteiger partial charge in [0.05, 0.1) is 6.61 Å². The molecule has 0 radical (unpaired) electrons. The molecule has 1 atom stereocenters. The van der Waals surface area contributed by atoms with Crippen LogP contribution < -0.4 is 11.1 Å². The first-order valence-electron chi connectivity index (χ1n) is 6.30. The molecule has 1 aromatic carbocycles. The van der Waals surface area contributed by atoms with Gasteiger partial charge in [-0.3, -0.25) is 9.59 Å². The predicted octanol–water partition coefficient (Wildman–Crippen LogP) is 0.577. The lowest BCUT2D eigenvalue weighted by Crippen LogP contribution is -2.39. The Bertz CT molecular complexity index is 476. The average Bonchev–Trinajstić information content (AvgIpc) is 2.40. The molecular formula is C14H21N3O3. The number of rotatable bonds is 6. The molecule has 3 N–H and O–H groups in total. The van der Waals surface area contributed by atoms with Crippen molar-refractivity contribution in [2.75, 3.05) is 26.1 Å². The molecule has 0 aromatic heterocycles. The topological polar surface area (TPSA) is 84.7 Å². The average molecular weight is 279 g/mol. The molecule has 1 aromatic rings. The Morgan fingerprint density at radius 1 is 1.40 bits per heavy atom. The summed E-state index contributed by atoms with van der Waals surface area (Å²) in [4.78, 5) is 24.7. The minimum Gasteiger partial charge on any atom is -0.383 e. The fourth-order valence-corrected chi connectivity index (χ4v) is 1.63. The Balaban J connectivity index is 2.80. The zero-order valence-electron chi connectivity index (χ0n) is 12.1. The third kappa shape index (κ3) is 4.64. The fourth-order valence-electron chi connectivity index (χ4n) is 1.63. The lowest BCUT2D eigenvalue weighted by Gasteiger charge is -2.19. The zero-order chi connectivity index (χ0) is 15.1. The van der Waals surface area contributed by atoms with Crippen LogP contribution >= 0.6 is 0 Å². The van der Waals surface area contributed by atoms with Crippen molar-refractivity contribution in [1.29, 1.82) is 0 Å². The number of methoxy groups -OCH3 is 1. The summed E-state index contributed by atoms with van der Waals surface area (Å²) >= 11 is 0. The van der Waals surface area contributed by atoms with Crippen molar-refractivity contribution < 1.29 is 14.3 Å². The van der Waals surface area contributed by atoms with E-state index in [1.165, 1.54) is 14.0 Å². The summed E-state index contributed by atoms with van der Waals surface area (Å²) in [5.41, 5.74) is 7.17. The highest BCUT2D eigenvalue weighted by Gasteiger charge is 2.15. The quantitative estimate of drug-likeness (QED) is 0.797. The van der Waals surface area contributed by atoms with E-state index >= 15 is 0 Å². The summed E-state index contributed by atoms with van der Waals surface area (Å²) in [5, 5.41) is 2.76. The monoisotopic (exact) mass is 279 g/mol. The molecule has 6 nitrogen and oxygen atoms in total. The molecule has 0 saturated heterocycles. The number of nitrogens with one attached hydrogen (secondary N) is 1. The number of hydrogen-bond acceptors (Lipinski definition) is 4. The first kappa shape index (κ1) is 16.1. The molecule has 0 saturated carbocycles. The van der Waals surface area contributed by atoms with Crippen LogP contribution in [0.4, 0.5) is 5.69 Å². The maximum absolute atomic E-state index is 11.9. The van der Waals surface area contributed by atoms with Crippen LogP contribution in [0.3, 0.4) is 0 Å². The normalized spacial score (nSPS) is 11.8. The van der Waals surface area contributed by atoms with Gasteiger partial charge in [0.15, 0.2) is 0 Å². The van der Waals surface area contributed by atoms with Crippen LogP contribution in [-0.2, 0) is 20.9 Å². The number of hydrogen-bond donors (Lipinski definition) is 2. The number of nitrogens with zero attached hydrogens (tertiary/aromatic N) is 1. The van der Waals surface area contributed by atoms with Gasteiger partial charge in [-0.15, -0.1) is 0 Å². The van der Waals surface area contributed by atoms with Gasteiger partial charge in [0.25, 0.3) is 0 Å². The molecular weight excluding hydrogens is 258 g/mol. The summed E-state index contributed by atoms with van der Waals surface area (Å²) in [6, 6.07) is 6.58. The van der Waals surface area contributed by atoms with Crippen LogP contribution in [0.15, 0.2) is 24.3 Å². The third-order valence-corrected chi connectivity index (χ3v) is 2.90. The minimum atomic E-state index is -0.724. The lowest BCUT2D eigenvalue weighted by molar-refractivity contribution is -0.128. The fraction of sp³-hybridized carbons (Fsp3) is 0.429. The molecule has 0 aliphatic heterocycles. The van der Waals surface area contributed by atoms with E-state index in [1.54, 1.807) is 18.0 Å². The Morgan fingerprint density at radius 2 is 2.05 bits per heavy atom. The molecule has 6 heteroatoms. The smallest absolute Gasteiger partial charge is 0.243 e. The second kappa shape index (κ2) is 7.62. The molecule has 1 rings (SSSR count). The standard InChI is InChI=1S/C14H21N3O3/c1-10(18)17(2)8-11-6-4-5-7-13(11)16-14(19)12(15)9-20-3/h4-7,12H,8-9,15H2,1-3H3,(H,16,19). The predicted molar refractivity (Wildman–Crippen MR) is 77.1 cm³/mol. The molecule has 0 heterocycles. The number of amides is 2. The van der Waals surface area contributed by atoms with Gasteiger partial charge in [0.2, 0.25) is 11.8 Å². The first-order valence-corrected chi connectivity index (χ1v) is 6.30. The first-order chi connectivity index (χ1) is 9.45. The van der Waals surface area contributed by atoms with Crippen molar-refractivity contribution in [3.63, 3.8) is 0 Å². The molecule has 0 fully saturated rings. The minimum absolute atomic E-state index is 0.0396. The van der Waals surface area contributed by atoms with Crippen LogP contribution in [0.25, 0.3) is 0 Å². The van der Waals surface area contributed by atoms with E-state index in [9.17, 15) is 9.59 Å². The van der Waals surface area contributed by atoms with Crippen molar-refractivity contribution in [2.45, 2.75) is 19.5 Å². The van der Waals surface area contributed by atoms with Crippen molar-refractivity contribution in [2.24, 2.45) is 5.73 Å². The molecule has 0 aliphatic rings. The molecule has 0 bridgehead atoms. The SMILES string of the molecule is COCC(N)C(=O)Nc1ccccc1CN(C)C(C)=O. The van der Waals surface area contributed by atoms with E-state index in [4.69, 9.17) is 10.5 Å². The van der Waals surface area contributed by atoms with E-state index in [1.807, 2.05) is 18.2 Å². The summed E-state index contributed by atoms with van der Waals surface area (Å²) < 4.78 is 4.85. The van der Waals surface area contributed by atoms with E-state index in [-0.39, 0.29) is 18.4 Å². The van der Waals surface area contributed by atoms with Crippen molar-refractivity contribution >= 4 is 17.5 Å². The summed E-state index contributed by atoms with van der Waals surface area (Å²) in [6.45, 7) is 2.07. The number of carbonyl (C=O) groups excluding carboxylic acids is 2. The van der Waals surface area contributed by atoms with Crippen LogP contribution in [0, 0.1) is 0 Å². The van der Waals surface area contributed by atoms with Crippen molar-refractivity contribution in [3.8, 4) is 0 Å². The van der Waals surface area contributed by atoms with Gasteiger partial charge in [-0.25, -0.2) is 0 Å². The van der Waals surface area contributed by atoms with Crippen molar-refractivity contribution in [1.82, 2.24) is 4.90 Å². The van der Waals surface area contributed by atoms with Gasteiger partial charge in [0.1, 0.15) is 6.04 Å². The molecule has 1 unspecified atom stereocenters. The molecule has 0 aliphatic carbocycles. The van der Waals surface area contributed by atoms with Crippen LogP contribution in [-0.4, -0.2) is 43.5 Å². The number of ether oxygens (including phenoxy) is 1. The number of carbonyl (C=O) groups is 2. The van der Waals surface area contributed by atoms with E-state index in [0.29, 0.717) is 12.2 Å². The Hall–Kier alpha value is -1.92. The second-order valence-corrected chi connectivity index (χ2v) is 4.58. The Labute approximate surface area is 118 Å².